The van der Waals surface area contributed by atoms with Crippen molar-refractivity contribution in [3.05, 3.63) is 47.4 Å². The second kappa shape index (κ2) is 7.72. The molecule has 6 nitrogen and oxygen atoms in total. The van der Waals surface area contributed by atoms with Crippen molar-refractivity contribution in [1.82, 2.24) is 14.9 Å². The van der Waals surface area contributed by atoms with Crippen LogP contribution in [0.15, 0.2) is 30.3 Å². The van der Waals surface area contributed by atoms with E-state index in [0.717, 1.165) is 30.8 Å². The number of hydrogen-bond donors (Lipinski definition) is 0. The molecule has 0 aliphatic carbocycles. The van der Waals surface area contributed by atoms with Gasteiger partial charge in [0.2, 0.25) is 5.88 Å². The molecule has 0 radical (unpaired) electrons. The molecule has 1 aliphatic rings. The molecule has 0 spiro atoms. The SMILES string of the molecule is Cc1cc(OC2CCCN(C(=O)c3ccc(N(C)C)cc3)C2)nc(C)n1. The van der Waals surface area contributed by atoms with Gasteiger partial charge < -0.3 is 14.5 Å². The summed E-state index contributed by atoms with van der Waals surface area (Å²) in [6.07, 6.45) is 1.81. The zero-order valence-electron chi connectivity index (χ0n) is 15.9. The number of amides is 1. The third-order valence-corrected chi connectivity index (χ3v) is 4.53. The maximum absolute atomic E-state index is 12.8. The molecule has 26 heavy (non-hydrogen) atoms. The van der Waals surface area contributed by atoms with Crippen LogP contribution in [0.2, 0.25) is 0 Å². The minimum atomic E-state index is -0.0394. The number of benzene rings is 1. The van der Waals surface area contributed by atoms with Crippen LogP contribution in [-0.2, 0) is 0 Å². The van der Waals surface area contributed by atoms with Crippen molar-refractivity contribution in [3.63, 3.8) is 0 Å². The van der Waals surface area contributed by atoms with Gasteiger partial charge in [-0.05, 0) is 51.0 Å². The van der Waals surface area contributed by atoms with Gasteiger partial charge in [0.1, 0.15) is 11.9 Å². The first-order valence-electron chi connectivity index (χ1n) is 8.98. The fourth-order valence-electron chi connectivity index (χ4n) is 3.22. The highest BCUT2D eigenvalue weighted by Gasteiger charge is 2.26. The smallest absolute Gasteiger partial charge is 0.253 e. The van der Waals surface area contributed by atoms with Crippen molar-refractivity contribution in [1.29, 1.82) is 0 Å². The Morgan fingerprint density at radius 3 is 2.58 bits per heavy atom. The highest BCUT2D eigenvalue weighted by atomic mass is 16.5. The second-order valence-corrected chi connectivity index (χ2v) is 6.97. The van der Waals surface area contributed by atoms with Crippen molar-refractivity contribution < 1.29 is 9.53 Å². The highest BCUT2D eigenvalue weighted by molar-refractivity contribution is 5.94. The summed E-state index contributed by atoms with van der Waals surface area (Å²) in [6, 6.07) is 9.56. The lowest BCUT2D eigenvalue weighted by molar-refractivity contribution is 0.0527. The summed E-state index contributed by atoms with van der Waals surface area (Å²) in [5.41, 5.74) is 2.68. The molecule has 1 atom stereocenters. The maximum Gasteiger partial charge on any atom is 0.253 e. The largest absolute Gasteiger partial charge is 0.472 e. The number of ether oxygens (including phenoxy) is 1. The molecule has 3 rings (SSSR count). The Bertz CT molecular complexity index is 754. The van der Waals surface area contributed by atoms with E-state index in [9.17, 15) is 4.79 Å². The lowest BCUT2D eigenvalue weighted by Gasteiger charge is -2.32. The lowest BCUT2D eigenvalue weighted by Crippen LogP contribution is -2.44. The number of hydrogen-bond acceptors (Lipinski definition) is 5. The molecule has 1 unspecified atom stereocenters. The third-order valence-electron chi connectivity index (χ3n) is 4.53. The molecule has 0 N–H and O–H groups in total. The van der Waals surface area contributed by atoms with Crippen LogP contribution in [0.1, 0.15) is 34.7 Å². The van der Waals surface area contributed by atoms with Gasteiger partial charge in [-0.25, -0.2) is 4.98 Å². The van der Waals surface area contributed by atoms with E-state index in [1.807, 2.05) is 68.1 Å². The molecule has 1 aromatic carbocycles. The first-order chi connectivity index (χ1) is 12.4. The number of aryl methyl sites for hydroxylation is 2. The number of likely N-dealkylation sites (tertiary alicyclic amines) is 1. The van der Waals surface area contributed by atoms with E-state index in [4.69, 9.17) is 4.74 Å². The number of piperidine rings is 1. The van der Waals surface area contributed by atoms with Gasteiger partial charge in [-0.3, -0.25) is 4.79 Å². The summed E-state index contributed by atoms with van der Waals surface area (Å²) in [5, 5.41) is 0. The van der Waals surface area contributed by atoms with Gasteiger partial charge in [0, 0.05) is 43.7 Å². The molecule has 2 heterocycles. The van der Waals surface area contributed by atoms with E-state index >= 15 is 0 Å². The molecule has 1 aromatic heterocycles. The first kappa shape index (κ1) is 18.2. The fraction of sp³-hybridized carbons (Fsp3) is 0.450. The Hall–Kier alpha value is -2.63. The predicted molar refractivity (Wildman–Crippen MR) is 102 cm³/mol. The predicted octanol–water partition coefficient (Wildman–Crippen LogP) is 2.84. The fourth-order valence-corrected chi connectivity index (χ4v) is 3.22. The van der Waals surface area contributed by atoms with Gasteiger partial charge >= 0.3 is 0 Å². The first-order valence-corrected chi connectivity index (χ1v) is 8.98. The minimum Gasteiger partial charge on any atom is -0.472 e. The number of rotatable bonds is 4. The van der Waals surface area contributed by atoms with E-state index in [1.54, 1.807) is 0 Å². The van der Waals surface area contributed by atoms with Gasteiger partial charge in [0.25, 0.3) is 5.91 Å². The number of carbonyl (C=O) groups excluding carboxylic acids is 1. The number of anilines is 1. The Kier molecular flexibility index (Phi) is 5.40. The van der Waals surface area contributed by atoms with Gasteiger partial charge in [0.15, 0.2) is 0 Å². The quantitative estimate of drug-likeness (QED) is 0.845. The average Bonchev–Trinajstić information content (AvgIpc) is 2.60. The third kappa shape index (κ3) is 4.31. The summed E-state index contributed by atoms with van der Waals surface area (Å²) < 4.78 is 6.03. The van der Waals surface area contributed by atoms with E-state index in [-0.39, 0.29) is 12.0 Å². The molecule has 1 amide bonds. The lowest BCUT2D eigenvalue weighted by atomic mass is 10.1. The van der Waals surface area contributed by atoms with Crippen LogP contribution < -0.4 is 9.64 Å². The van der Waals surface area contributed by atoms with Gasteiger partial charge in [-0.2, -0.15) is 4.98 Å². The molecule has 1 aliphatic heterocycles. The molecular weight excluding hydrogens is 328 g/mol. The van der Waals surface area contributed by atoms with Crippen molar-refractivity contribution >= 4 is 11.6 Å². The maximum atomic E-state index is 12.8. The zero-order valence-corrected chi connectivity index (χ0v) is 15.9. The Labute approximate surface area is 154 Å². The molecule has 0 bridgehead atoms. The summed E-state index contributed by atoms with van der Waals surface area (Å²) in [5.74, 6) is 1.34. The summed E-state index contributed by atoms with van der Waals surface area (Å²) in [4.78, 5) is 25.3. The summed E-state index contributed by atoms with van der Waals surface area (Å²) in [7, 11) is 3.97. The second-order valence-electron chi connectivity index (χ2n) is 6.97. The number of carbonyl (C=O) groups is 1. The topological polar surface area (TPSA) is 58.6 Å². The van der Waals surface area contributed by atoms with Crippen LogP contribution in [-0.4, -0.2) is 54.1 Å². The normalized spacial score (nSPS) is 17.1. The molecule has 6 heteroatoms. The van der Waals surface area contributed by atoms with E-state index in [1.165, 1.54) is 0 Å². The Balaban J connectivity index is 1.66. The molecule has 1 fully saturated rings. The average molecular weight is 354 g/mol. The van der Waals surface area contributed by atoms with Crippen LogP contribution in [0.25, 0.3) is 0 Å². The molecule has 1 saturated heterocycles. The van der Waals surface area contributed by atoms with Crippen LogP contribution >= 0.6 is 0 Å². The van der Waals surface area contributed by atoms with Crippen LogP contribution in [0.4, 0.5) is 5.69 Å². The van der Waals surface area contributed by atoms with Crippen LogP contribution in [0.3, 0.4) is 0 Å². The van der Waals surface area contributed by atoms with Gasteiger partial charge in [-0.15, -0.1) is 0 Å². The van der Waals surface area contributed by atoms with Crippen molar-refractivity contribution in [2.75, 3.05) is 32.1 Å². The Morgan fingerprint density at radius 1 is 1.19 bits per heavy atom. The van der Waals surface area contributed by atoms with Crippen molar-refractivity contribution in [2.45, 2.75) is 32.8 Å². The molecule has 138 valence electrons. The zero-order chi connectivity index (χ0) is 18.7. The molecule has 0 saturated carbocycles. The van der Waals surface area contributed by atoms with Crippen molar-refractivity contribution in [3.8, 4) is 5.88 Å². The number of nitrogens with zero attached hydrogens (tertiary/aromatic N) is 4. The summed E-state index contributed by atoms with van der Waals surface area (Å²) in [6.45, 7) is 5.12. The van der Waals surface area contributed by atoms with Crippen LogP contribution in [0.5, 0.6) is 5.88 Å². The van der Waals surface area contributed by atoms with Crippen molar-refractivity contribution in [2.24, 2.45) is 0 Å². The number of aromatic nitrogens is 2. The van der Waals surface area contributed by atoms with E-state index < -0.39 is 0 Å². The van der Waals surface area contributed by atoms with E-state index in [0.29, 0.717) is 23.8 Å². The van der Waals surface area contributed by atoms with Crippen LogP contribution in [0, 0.1) is 13.8 Å². The van der Waals surface area contributed by atoms with Gasteiger partial charge in [-0.1, -0.05) is 0 Å². The van der Waals surface area contributed by atoms with E-state index in [2.05, 4.69) is 9.97 Å². The standard InChI is InChI=1S/C20H26N4O2/c1-14-12-19(22-15(2)21-14)26-18-6-5-11-24(13-18)20(25)16-7-9-17(10-8-16)23(3)4/h7-10,12,18H,5-6,11,13H2,1-4H3. The monoisotopic (exact) mass is 354 g/mol. The summed E-state index contributed by atoms with van der Waals surface area (Å²) >= 11 is 0. The Morgan fingerprint density at radius 2 is 1.92 bits per heavy atom. The minimum absolute atomic E-state index is 0.0394. The molecule has 2 aromatic rings. The molecular formula is C20H26N4O2. The highest BCUT2D eigenvalue weighted by Crippen LogP contribution is 2.20. The van der Waals surface area contributed by atoms with Gasteiger partial charge in [0.05, 0.1) is 6.54 Å².